The SMILES string of the molecule is CCN1CCOC(Cn2c(C)nc(C(=O)OC)c2N)C1. The molecule has 7 nitrogen and oxygen atoms in total. The highest BCUT2D eigenvalue weighted by Crippen LogP contribution is 2.17. The Balaban J connectivity index is 2.13. The first-order valence-electron chi connectivity index (χ1n) is 6.81. The van der Waals surface area contributed by atoms with Crippen LogP contribution in [-0.2, 0) is 16.0 Å². The van der Waals surface area contributed by atoms with Gasteiger partial charge in [-0.1, -0.05) is 6.92 Å². The first kappa shape index (κ1) is 14.8. The van der Waals surface area contributed by atoms with Gasteiger partial charge in [0.15, 0.2) is 5.69 Å². The molecular weight excluding hydrogens is 260 g/mol. The Morgan fingerprint density at radius 2 is 2.35 bits per heavy atom. The zero-order valence-electron chi connectivity index (χ0n) is 12.3. The Hall–Kier alpha value is -1.60. The fraction of sp³-hybridized carbons (Fsp3) is 0.692. The number of nitrogen functional groups attached to an aromatic ring is 1. The number of morpholine rings is 1. The van der Waals surface area contributed by atoms with Gasteiger partial charge in [0.05, 0.1) is 26.4 Å². The molecule has 7 heteroatoms. The number of carbonyl (C=O) groups is 1. The molecule has 1 aliphatic rings. The Labute approximate surface area is 118 Å². The molecule has 0 saturated carbocycles. The zero-order chi connectivity index (χ0) is 14.7. The summed E-state index contributed by atoms with van der Waals surface area (Å²) in [6.45, 7) is 8.09. The first-order valence-corrected chi connectivity index (χ1v) is 6.81. The summed E-state index contributed by atoms with van der Waals surface area (Å²) in [4.78, 5) is 18.1. The molecule has 0 aromatic carbocycles. The molecule has 0 radical (unpaired) electrons. The van der Waals surface area contributed by atoms with E-state index in [0.717, 1.165) is 26.2 Å². The maximum Gasteiger partial charge on any atom is 0.360 e. The normalized spacial score (nSPS) is 20.1. The number of anilines is 1. The molecule has 1 aromatic rings. The smallest absolute Gasteiger partial charge is 0.360 e. The van der Waals surface area contributed by atoms with Crippen LogP contribution in [0.1, 0.15) is 23.2 Å². The van der Waals surface area contributed by atoms with E-state index in [1.54, 1.807) is 0 Å². The third-order valence-electron chi connectivity index (χ3n) is 3.63. The van der Waals surface area contributed by atoms with Crippen molar-refractivity contribution in [3.63, 3.8) is 0 Å². The first-order chi connectivity index (χ1) is 9.56. The molecule has 0 bridgehead atoms. The summed E-state index contributed by atoms with van der Waals surface area (Å²) in [5.41, 5.74) is 6.17. The number of ether oxygens (including phenoxy) is 2. The highest BCUT2D eigenvalue weighted by Gasteiger charge is 2.24. The number of aryl methyl sites for hydroxylation is 1. The van der Waals surface area contributed by atoms with Crippen LogP contribution in [0, 0.1) is 6.92 Å². The van der Waals surface area contributed by atoms with E-state index in [-0.39, 0.29) is 11.8 Å². The Kier molecular flexibility index (Phi) is 4.61. The molecule has 112 valence electrons. The van der Waals surface area contributed by atoms with Crippen LogP contribution in [0.3, 0.4) is 0 Å². The molecule has 20 heavy (non-hydrogen) atoms. The van der Waals surface area contributed by atoms with Crippen LogP contribution in [0.5, 0.6) is 0 Å². The van der Waals surface area contributed by atoms with Crippen LogP contribution in [0.15, 0.2) is 0 Å². The van der Waals surface area contributed by atoms with Gasteiger partial charge >= 0.3 is 5.97 Å². The Bertz CT molecular complexity index is 486. The van der Waals surface area contributed by atoms with Crippen molar-refractivity contribution in [2.75, 3.05) is 39.1 Å². The molecule has 0 amide bonds. The van der Waals surface area contributed by atoms with Gasteiger partial charge in [-0.2, -0.15) is 0 Å². The van der Waals surface area contributed by atoms with Crippen molar-refractivity contribution in [3.05, 3.63) is 11.5 Å². The number of nitrogens with zero attached hydrogens (tertiary/aromatic N) is 3. The Morgan fingerprint density at radius 1 is 1.60 bits per heavy atom. The molecule has 2 N–H and O–H groups in total. The number of aromatic nitrogens is 2. The van der Waals surface area contributed by atoms with E-state index in [9.17, 15) is 4.79 Å². The minimum atomic E-state index is -0.510. The van der Waals surface area contributed by atoms with Crippen LogP contribution < -0.4 is 5.73 Å². The summed E-state index contributed by atoms with van der Waals surface area (Å²) < 4.78 is 12.2. The fourth-order valence-corrected chi connectivity index (χ4v) is 2.44. The molecule has 1 aliphatic heterocycles. The van der Waals surface area contributed by atoms with Crippen molar-refractivity contribution < 1.29 is 14.3 Å². The van der Waals surface area contributed by atoms with Crippen molar-refractivity contribution in [3.8, 4) is 0 Å². The minimum Gasteiger partial charge on any atom is -0.464 e. The number of likely N-dealkylation sites (N-methyl/N-ethyl adjacent to an activating group) is 1. The predicted molar refractivity (Wildman–Crippen MR) is 74.6 cm³/mol. The summed E-state index contributed by atoms with van der Waals surface area (Å²) in [5, 5.41) is 0. The number of carbonyl (C=O) groups excluding carboxylic acids is 1. The molecule has 2 heterocycles. The maximum atomic E-state index is 11.6. The molecule has 1 atom stereocenters. The molecule has 0 spiro atoms. The van der Waals surface area contributed by atoms with Crippen molar-refractivity contribution in [1.29, 1.82) is 0 Å². The number of methoxy groups -OCH3 is 1. The van der Waals surface area contributed by atoms with E-state index in [4.69, 9.17) is 10.5 Å². The lowest BCUT2D eigenvalue weighted by atomic mass is 10.2. The van der Waals surface area contributed by atoms with Gasteiger partial charge in [0, 0.05) is 13.1 Å². The number of esters is 1. The molecule has 1 saturated heterocycles. The lowest BCUT2D eigenvalue weighted by molar-refractivity contribution is -0.0342. The number of hydrogen-bond donors (Lipinski definition) is 1. The highest BCUT2D eigenvalue weighted by atomic mass is 16.5. The van der Waals surface area contributed by atoms with E-state index < -0.39 is 5.97 Å². The summed E-state index contributed by atoms with van der Waals surface area (Å²) >= 11 is 0. The molecule has 0 aliphatic carbocycles. The minimum absolute atomic E-state index is 0.0596. The molecule has 1 fully saturated rings. The van der Waals surface area contributed by atoms with Crippen LogP contribution in [0.2, 0.25) is 0 Å². The maximum absolute atomic E-state index is 11.6. The van der Waals surface area contributed by atoms with Crippen molar-refractivity contribution in [1.82, 2.24) is 14.5 Å². The van der Waals surface area contributed by atoms with Gasteiger partial charge < -0.3 is 19.8 Å². The number of nitrogens with two attached hydrogens (primary N) is 1. The van der Waals surface area contributed by atoms with Crippen molar-refractivity contribution in [2.24, 2.45) is 0 Å². The fourth-order valence-electron chi connectivity index (χ4n) is 2.44. The monoisotopic (exact) mass is 282 g/mol. The standard InChI is InChI=1S/C13H22N4O3/c1-4-16-5-6-20-10(7-16)8-17-9(2)15-11(12(17)14)13(18)19-3/h10H,4-8,14H2,1-3H3. The number of imidazole rings is 1. The van der Waals surface area contributed by atoms with Crippen LogP contribution >= 0.6 is 0 Å². The number of hydrogen-bond acceptors (Lipinski definition) is 6. The Morgan fingerprint density at radius 3 is 3.00 bits per heavy atom. The largest absolute Gasteiger partial charge is 0.464 e. The second kappa shape index (κ2) is 6.23. The van der Waals surface area contributed by atoms with Gasteiger partial charge in [-0.3, -0.25) is 4.90 Å². The lowest BCUT2D eigenvalue weighted by Gasteiger charge is -2.32. The van der Waals surface area contributed by atoms with Crippen LogP contribution in [0.25, 0.3) is 0 Å². The van der Waals surface area contributed by atoms with Gasteiger partial charge in [-0.25, -0.2) is 9.78 Å². The van der Waals surface area contributed by atoms with Gasteiger partial charge in [-0.05, 0) is 13.5 Å². The summed E-state index contributed by atoms with van der Waals surface area (Å²) in [5.74, 6) is 0.524. The zero-order valence-corrected chi connectivity index (χ0v) is 12.3. The average molecular weight is 282 g/mol. The van der Waals surface area contributed by atoms with Crippen molar-refractivity contribution >= 4 is 11.8 Å². The molecule has 1 aromatic heterocycles. The van der Waals surface area contributed by atoms with Crippen LogP contribution in [0.4, 0.5) is 5.82 Å². The van der Waals surface area contributed by atoms with E-state index in [1.807, 2.05) is 11.5 Å². The van der Waals surface area contributed by atoms with Crippen LogP contribution in [-0.4, -0.2) is 59.9 Å². The second-order valence-corrected chi connectivity index (χ2v) is 4.88. The van der Waals surface area contributed by atoms with E-state index in [1.165, 1.54) is 7.11 Å². The predicted octanol–water partition coefficient (Wildman–Crippen LogP) is 0.281. The second-order valence-electron chi connectivity index (χ2n) is 4.88. The van der Waals surface area contributed by atoms with E-state index in [0.29, 0.717) is 18.2 Å². The van der Waals surface area contributed by atoms with Gasteiger partial charge in [0.25, 0.3) is 0 Å². The van der Waals surface area contributed by atoms with Crippen molar-refractivity contribution in [2.45, 2.75) is 26.5 Å². The number of rotatable bonds is 4. The highest BCUT2D eigenvalue weighted by molar-refractivity contribution is 5.92. The summed E-state index contributed by atoms with van der Waals surface area (Å²) in [6.07, 6.45) is 0.0596. The third kappa shape index (κ3) is 2.94. The quantitative estimate of drug-likeness (QED) is 0.799. The van der Waals surface area contributed by atoms with E-state index in [2.05, 4.69) is 21.5 Å². The summed E-state index contributed by atoms with van der Waals surface area (Å²) in [6, 6.07) is 0. The molecule has 1 unspecified atom stereocenters. The molecule has 2 rings (SSSR count). The topological polar surface area (TPSA) is 82.6 Å². The van der Waals surface area contributed by atoms with E-state index >= 15 is 0 Å². The van der Waals surface area contributed by atoms with Gasteiger partial charge in [0.1, 0.15) is 11.6 Å². The summed E-state index contributed by atoms with van der Waals surface area (Å²) in [7, 11) is 1.32. The third-order valence-corrected chi connectivity index (χ3v) is 3.63. The average Bonchev–Trinajstić information content (AvgIpc) is 2.75. The van der Waals surface area contributed by atoms with Gasteiger partial charge in [0.2, 0.25) is 0 Å². The van der Waals surface area contributed by atoms with Gasteiger partial charge in [-0.15, -0.1) is 0 Å². The lowest BCUT2D eigenvalue weighted by Crippen LogP contribution is -2.44. The molecular formula is C13H22N4O3.